The summed E-state index contributed by atoms with van der Waals surface area (Å²) in [6.07, 6.45) is 3.48. The van der Waals surface area contributed by atoms with Crippen LogP contribution in [0.25, 0.3) is 0 Å². The highest BCUT2D eigenvalue weighted by Crippen LogP contribution is 2.49. The molecule has 2 aromatic carbocycles. The predicted molar refractivity (Wildman–Crippen MR) is 118 cm³/mol. The van der Waals surface area contributed by atoms with E-state index in [2.05, 4.69) is 0 Å². The number of ketones is 1. The lowest BCUT2D eigenvalue weighted by Gasteiger charge is -2.29. The van der Waals surface area contributed by atoms with E-state index in [-0.39, 0.29) is 52.9 Å². The largest absolute Gasteiger partial charge is 0.508 e. The first kappa shape index (κ1) is 22.3. The number of aromatic hydroxyl groups is 4. The van der Waals surface area contributed by atoms with Crippen molar-refractivity contribution in [2.75, 3.05) is 0 Å². The van der Waals surface area contributed by atoms with Crippen molar-refractivity contribution < 1.29 is 30.0 Å². The monoisotopic (exact) mass is 424 g/mol. The summed E-state index contributed by atoms with van der Waals surface area (Å²) in [5.74, 6) is -0.887. The SMILES string of the molecule is CC(C)=CCc1c(O)c(CC=C(C)C)c2c(c1O)C(=O)C[C@@H](c1ccc(O)cc1O)O2. The van der Waals surface area contributed by atoms with Crippen LogP contribution in [0.2, 0.25) is 0 Å². The average molecular weight is 424 g/mol. The second kappa shape index (κ2) is 8.76. The number of phenolic OH excluding ortho intramolecular Hbond substituents is 4. The quantitative estimate of drug-likeness (QED) is 0.490. The van der Waals surface area contributed by atoms with Crippen LogP contribution in [0.3, 0.4) is 0 Å². The second-order valence-electron chi connectivity index (χ2n) is 8.31. The third kappa shape index (κ3) is 4.53. The van der Waals surface area contributed by atoms with E-state index in [1.54, 1.807) is 0 Å². The van der Waals surface area contributed by atoms with Gasteiger partial charge in [-0.25, -0.2) is 0 Å². The summed E-state index contributed by atoms with van der Waals surface area (Å²) in [4.78, 5) is 13.1. The summed E-state index contributed by atoms with van der Waals surface area (Å²) in [5.41, 5.74) is 3.16. The van der Waals surface area contributed by atoms with E-state index in [9.17, 15) is 25.2 Å². The van der Waals surface area contributed by atoms with Crippen molar-refractivity contribution in [1.29, 1.82) is 0 Å². The molecular weight excluding hydrogens is 396 g/mol. The van der Waals surface area contributed by atoms with E-state index in [0.717, 1.165) is 11.1 Å². The van der Waals surface area contributed by atoms with Crippen molar-refractivity contribution in [3.63, 3.8) is 0 Å². The van der Waals surface area contributed by atoms with E-state index in [1.165, 1.54) is 18.2 Å². The van der Waals surface area contributed by atoms with Crippen LogP contribution in [0, 0.1) is 0 Å². The maximum atomic E-state index is 13.1. The van der Waals surface area contributed by atoms with Crippen LogP contribution in [-0.4, -0.2) is 26.2 Å². The zero-order valence-electron chi connectivity index (χ0n) is 18.2. The lowest BCUT2D eigenvalue weighted by Crippen LogP contribution is -2.22. The number of benzene rings is 2. The van der Waals surface area contributed by atoms with E-state index >= 15 is 0 Å². The Labute approximate surface area is 181 Å². The molecule has 0 fully saturated rings. The highest BCUT2D eigenvalue weighted by Gasteiger charge is 2.36. The van der Waals surface area contributed by atoms with Crippen molar-refractivity contribution in [2.45, 2.75) is 53.1 Å². The van der Waals surface area contributed by atoms with Gasteiger partial charge in [0.2, 0.25) is 0 Å². The Balaban J connectivity index is 2.18. The van der Waals surface area contributed by atoms with Gasteiger partial charge in [-0.1, -0.05) is 23.3 Å². The number of Topliss-reactive ketones (excluding diaryl/α,β-unsaturated/α-hetero) is 1. The number of rotatable bonds is 5. The van der Waals surface area contributed by atoms with Crippen LogP contribution < -0.4 is 4.74 Å². The summed E-state index contributed by atoms with van der Waals surface area (Å²) in [6, 6.07) is 4.08. The number of fused-ring (bicyclic) bond motifs is 1. The van der Waals surface area contributed by atoms with Gasteiger partial charge in [-0.15, -0.1) is 0 Å². The van der Waals surface area contributed by atoms with Crippen LogP contribution in [-0.2, 0) is 12.8 Å². The number of phenols is 4. The number of hydrogen-bond acceptors (Lipinski definition) is 6. The first-order valence-corrected chi connectivity index (χ1v) is 10.2. The van der Waals surface area contributed by atoms with Gasteiger partial charge in [-0.05, 0) is 52.7 Å². The summed E-state index contributed by atoms with van der Waals surface area (Å²) >= 11 is 0. The predicted octanol–water partition coefficient (Wildman–Crippen LogP) is 5.23. The Hall–Kier alpha value is -3.41. The van der Waals surface area contributed by atoms with Gasteiger partial charge in [-0.3, -0.25) is 4.79 Å². The average Bonchev–Trinajstić information content (AvgIpc) is 2.66. The van der Waals surface area contributed by atoms with E-state index in [0.29, 0.717) is 23.1 Å². The van der Waals surface area contributed by atoms with E-state index in [1.807, 2.05) is 39.8 Å². The molecule has 1 atom stereocenters. The molecule has 0 saturated heterocycles. The second-order valence-corrected chi connectivity index (χ2v) is 8.31. The molecule has 1 aliphatic rings. The molecule has 2 aromatic rings. The molecule has 6 nitrogen and oxygen atoms in total. The van der Waals surface area contributed by atoms with Gasteiger partial charge in [0, 0.05) is 22.8 Å². The van der Waals surface area contributed by atoms with Gasteiger partial charge in [0.15, 0.2) is 5.78 Å². The third-order valence-electron chi connectivity index (χ3n) is 5.30. The maximum absolute atomic E-state index is 13.1. The highest BCUT2D eigenvalue weighted by atomic mass is 16.5. The summed E-state index contributed by atoms with van der Waals surface area (Å²) in [5, 5.41) is 41.6. The first-order valence-electron chi connectivity index (χ1n) is 10.2. The summed E-state index contributed by atoms with van der Waals surface area (Å²) < 4.78 is 6.09. The lowest BCUT2D eigenvalue weighted by atomic mass is 9.89. The molecule has 0 spiro atoms. The minimum absolute atomic E-state index is 0.0571. The number of allylic oxidation sites excluding steroid dienone is 4. The maximum Gasteiger partial charge on any atom is 0.174 e. The number of ether oxygens (including phenoxy) is 1. The van der Waals surface area contributed by atoms with Gasteiger partial charge in [0.05, 0.1) is 6.42 Å². The van der Waals surface area contributed by atoms with Crippen LogP contribution in [0.15, 0.2) is 41.5 Å². The molecule has 164 valence electrons. The summed E-state index contributed by atoms with van der Waals surface area (Å²) in [7, 11) is 0. The van der Waals surface area contributed by atoms with Gasteiger partial charge in [-0.2, -0.15) is 0 Å². The molecule has 0 radical (unpaired) electrons. The molecule has 0 aromatic heterocycles. The molecule has 6 heteroatoms. The normalized spacial score (nSPS) is 15.1. The number of carbonyl (C=O) groups is 1. The minimum atomic E-state index is -0.812. The molecular formula is C25H28O6. The Kier molecular flexibility index (Phi) is 6.29. The minimum Gasteiger partial charge on any atom is -0.508 e. The van der Waals surface area contributed by atoms with Crippen molar-refractivity contribution in [3.8, 4) is 28.7 Å². The van der Waals surface area contributed by atoms with Crippen LogP contribution >= 0.6 is 0 Å². The fourth-order valence-corrected chi connectivity index (χ4v) is 3.63. The molecule has 0 saturated carbocycles. The van der Waals surface area contributed by atoms with Gasteiger partial charge >= 0.3 is 0 Å². The van der Waals surface area contributed by atoms with Crippen LogP contribution in [0.5, 0.6) is 28.7 Å². The molecule has 1 heterocycles. The first-order chi connectivity index (χ1) is 14.6. The fraction of sp³-hybridized carbons (Fsp3) is 0.320. The van der Waals surface area contributed by atoms with Crippen molar-refractivity contribution >= 4 is 5.78 Å². The highest BCUT2D eigenvalue weighted by molar-refractivity contribution is 6.04. The van der Waals surface area contributed by atoms with Crippen LogP contribution in [0.1, 0.15) is 67.3 Å². The molecule has 0 bridgehead atoms. The molecule has 0 unspecified atom stereocenters. The molecule has 4 N–H and O–H groups in total. The van der Waals surface area contributed by atoms with E-state index in [4.69, 9.17) is 4.74 Å². The van der Waals surface area contributed by atoms with E-state index < -0.39 is 6.10 Å². The van der Waals surface area contributed by atoms with Gasteiger partial charge < -0.3 is 25.2 Å². The Morgan fingerprint density at radius 2 is 1.58 bits per heavy atom. The Morgan fingerprint density at radius 1 is 0.968 bits per heavy atom. The molecule has 1 aliphatic heterocycles. The number of hydrogen-bond donors (Lipinski definition) is 4. The van der Waals surface area contributed by atoms with Gasteiger partial charge in [0.1, 0.15) is 40.4 Å². The molecule has 31 heavy (non-hydrogen) atoms. The standard InChI is InChI=1S/C25H28O6/c1-13(2)5-8-17-23(29)18(9-6-14(3)4)25-22(24(17)30)20(28)12-21(31-25)16-10-7-15(26)11-19(16)27/h5-7,10-11,21,26-27,29-30H,8-9,12H2,1-4H3/t21-/m0/s1. The molecule has 0 amide bonds. The smallest absolute Gasteiger partial charge is 0.174 e. The molecule has 0 aliphatic carbocycles. The summed E-state index contributed by atoms with van der Waals surface area (Å²) in [6.45, 7) is 7.69. The number of carbonyl (C=O) groups excluding carboxylic acids is 1. The third-order valence-corrected chi connectivity index (χ3v) is 5.30. The fourth-order valence-electron chi connectivity index (χ4n) is 3.63. The topological polar surface area (TPSA) is 107 Å². The van der Waals surface area contributed by atoms with Crippen LogP contribution in [0.4, 0.5) is 0 Å². The zero-order chi connectivity index (χ0) is 22.9. The Morgan fingerprint density at radius 3 is 2.16 bits per heavy atom. The zero-order valence-corrected chi connectivity index (χ0v) is 18.2. The Bertz CT molecular complexity index is 1090. The van der Waals surface area contributed by atoms with Gasteiger partial charge in [0.25, 0.3) is 0 Å². The van der Waals surface area contributed by atoms with Crippen molar-refractivity contribution in [1.82, 2.24) is 0 Å². The molecule has 3 rings (SSSR count). The van der Waals surface area contributed by atoms with Crippen molar-refractivity contribution in [2.24, 2.45) is 0 Å². The van der Waals surface area contributed by atoms with Crippen molar-refractivity contribution in [3.05, 3.63) is 63.8 Å². The lowest BCUT2D eigenvalue weighted by molar-refractivity contribution is 0.0839.